The van der Waals surface area contributed by atoms with Gasteiger partial charge in [0.05, 0.1) is 6.54 Å². The van der Waals surface area contributed by atoms with Gasteiger partial charge in [0.15, 0.2) is 5.96 Å². The van der Waals surface area contributed by atoms with E-state index in [9.17, 15) is 0 Å². The normalized spacial score (nSPS) is 16.0. The fourth-order valence-corrected chi connectivity index (χ4v) is 2.78. The molecular formula is C16H32IN7. The first-order valence-corrected chi connectivity index (χ1v) is 8.71. The highest BCUT2D eigenvalue weighted by Crippen LogP contribution is 2.34. The molecule has 1 unspecified atom stereocenters. The summed E-state index contributed by atoms with van der Waals surface area (Å²) in [6.45, 7) is 7.57. The number of guanidine groups is 1. The van der Waals surface area contributed by atoms with Crippen molar-refractivity contribution in [2.24, 2.45) is 10.9 Å². The summed E-state index contributed by atoms with van der Waals surface area (Å²) in [7, 11) is 4.30. The van der Waals surface area contributed by atoms with Crippen LogP contribution in [0.2, 0.25) is 0 Å². The molecule has 1 atom stereocenters. The first-order valence-electron chi connectivity index (χ1n) is 8.71. The number of likely N-dealkylation sites (N-methyl/N-ethyl adjacent to an activating group) is 1. The minimum absolute atomic E-state index is 0. The number of hydrogen-bond acceptors (Lipinski definition) is 4. The van der Waals surface area contributed by atoms with Gasteiger partial charge in [0.1, 0.15) is 12.2 Å². The first-order chi connectivity index (χ1) is 11.2. The highest BCUT2D eigenvalue weighted by molar-refractivity contribution is 14.0. The third-order valence-electron chi connectivity index (χ3n) is 4.27. The lowest BCUT2D eigenvalue weighted by Crippen LogP contribution is -2.41. The van der Waals surface area contributed by atoms with Gasteiger partial charge in [-0.25, -0.2) is 0 Å². The van der Waals surface area contributed by atoms with E-state index in [0.29, 0.717) is 6.04 Å². The van der Waals surface area contributed by atoms with Crippen molar-refractivity contribution < 1.29 is 0 Å². The van der Waals surface area contributed by atoms with Gasteiger partial charge in [0.25, 0.3) is 0 Å². The molecular weight excluding hydrogens is 417 g/mol. The average Bonchev–Trinajstić information content (AvgIpc) is 3.25. The third-order valence-corrected chi connectivity index (χ3v) is 4.27. The molecule has 7 nitrogen and oxygen atoms in total. The fourth-order valence-electron chi connectivity index (χ4n) is 2.78. The van der Waals surface area contributed by atoms with Crippen molar-refractivity contribution >= 4 is 29.9 Å². The van der Waals surface area contributed by atoms with Crippen molar-refractivity contribution in [3.63, 3.8) is 0 Å². The highest BCUT2D eigenvalue weighted by atomic mass is 127. The molecule has 2 N–H and O–H groups in total. The van der Waals surface area contributed by atoms with E-state index in [1.54, 1.807) is 6.33 Å². The Morgan fingerprint density at radius 3 is 2.71 bits per heavy atom. The predicted molar refractivity (Wildman–Crippen MR) is 109 cm³/mol. The molecule has 1 aromatic rings. The molecule has 1 heterocycles. The Kier molecular flexibility index (Phi) is 9.57. The maximum Gasteiger partial charge on any atom is 0.191 e. The van der Waals surface area contributed by atoms with Crippen LogP contribution in [0.3, 0.4) is 0 Å². The number of aromatic nitrogens is 3. The Morgan fingerprint density at radius 1 is 1.38 bits per heavy atom. The van der Waals surface area contributed by atoms with Gasteiger partial charge in [-0.3, -0.25) is 4.99 Å². The summed E-state index contributed by atoms with van der Waals surface area (Å²) in [5.41, 5.74) is 0. The van der Waals surface area contributed by atoms with Crippen molar-refractivity contribution in [1.82, 2.24) is 30.3 Å². The van der Waals surface area contributed by atoms with Gasteiger partial charge in [-0.2, -0.15) is 0 Å². The molecule has 0 aliphatic heterocycles. The Balaban J connectivity index is 0.00000288. The molecule has 0 bridgehead atoms. The van der Waals surface area contributed by atoms with Crippen LogP contribution in [0.15, 0.2) is 11.3 Å². The van der Waals surface area contributed by atoms with E-state index in [4.69, 9.17) is 4.99 Å². The molecule has 1 saturated carbocycles. The van der Waals surface area contributed by atoms with E-state index in [1.165, 1.54) is 12.8 Å². The van der Waals surface area contributed by atoms with E-state index >= 15 is 0 Å². The van der Waals surface area contributed by atoms with Crippen molar-refractivity contribution in [1.29, 1.82) is 0 Å². The van der Waals surface area contributed by atoms with Crippen LogP contribution in [0, 0.1) is 5.92 Å². The summed E-state index contributed by atoms with van der Waals surface area (Å²) in [4.78, 5) is 7.07. The van der Waals surface area contributed by atoms with Gasteiger partial charge in [-0.05, 0) is 39.8 Å². The zero-order valence-electron chi connectivity index (χ0n) is 15.3. The molecule has 2 rings (SSSR count). The number of nitrogens with zero attached hydrogens (tertiary/aromatic N) is 5. The van der Waals surface area contributed by atoms with E-state index in [0.717, 1.165) is 50.3 Å². The SMILES string of the molecule is CCNC(=NCC(C1CC1)N(C)C)NCCn1cnnc1CC.I. The minimum Gasteiger partial charge on any atom is -0.357 e. The molecule has 1 aliphatic rings. The molecule has 1 aromatic heterocycles. The molecule has 1 fully saturated rings. The van der Waals surface area contributed by atoms with Crippen LogP contribution in [-0.2, 0) is 13.0 Å². The molecule has 0 aromatic carbocycles. The fraction of sp³-hybridized carbons (Fsp3) is 0.812. The maximum atomic E-state index is 4.77. The molecule has 8 heteroatoms. The lowest BCUT2D eigenvalue weighted by molar-refractivity contribution is 0.271. The van der Waals surface area contributed by atoms with Gasteiger partial charge in [-0.1, -0.05) is 6.92 Å². The second kappa shape index (κ2) is 10.9. The van der Waals surface area contributed by atoms with Crippen LogP contribution in [0.4, 0.5) is 0 Å². The smallest absolute Gasteiger partial charge is 0.191 e. The number of aliphatic imine (C=N–C) groups is 1. The maximum absolute atomic E-state index is 4.77. The summed E-state index contributed by atoms with van der Waals surface area (Å²) < 4.78 is 2.09. The summed E-state index contributed by atoms with van der Waals surface area (Å²) in [5.74, 6) is 2.74. The lowest BCUT2D eigenvalue weighted by atomic mass is 10.2. The van der Waals surface area contributed by atoms with E-state index in [-0.39, 0.29) is 24.0 Å². The Hall–Kier alpha value is -0.900. The molecule has 0 amide bonds. The Morgan fingerprint density at radius 2 is 2.12 bits per heavy atom. The van der Waals surface area contributed by atoms with Crippen LogP contribution in [0.1, 0.15) is 32.5 Å². The van der Waals surface area contributed by atoms with E-state index in [2.05, 4.69) is 58.2 Å². The Labute approximate surface area is 162 Å². The molecule has 24 heavy (non-hydrogen) atoms. The number of aryl methyl sites for hydroxylation is 1. The monoisotopic (exact) mass is 449 g/mol. The number of halogens is 1. The molecule has 1 aliphatic carbocycles. The summed E-state index contributed by atoms with van der Waals surface area (Å²) >= 11 is 0. The second-order valence-corrected chi connectivity index (χ2v) is 6.31. The number of nitrogens with one attached hydrogen (secondary N) is 2. The lowest BCUT2D eigenvalue weighted by Gasteiger charge is -2.23. The molecule has 0 spiro atoms. The predicted octanol–water partition coefficient (Wildman–Crippen LogP) is 1.35. The topological polar surface area (TPSA) is 70.4 Å². The summed E-state index contributed by atoms with van der Waals surface area (Å²) in [6, 6.07) is 0.551. The van der Waals surface area contributed by atoms with E-state index in [1.807, 2.05) is 0 Å². The van der Waals surface area contributed by atoms with Crippen LogP contribution >= 0.6 is 24.0 Å². The average molecular weight is 449 g/mol. The van der Waals surface area contributed by atoms with Gasteiger partial charge in [-0.15, -0.1) is 34.2 Å². The summed E-state index contributed by atoms with van der Waals surface area (Å²) in [6.07, 6.45) is 5.38. The van der Waals surface area contributed by atoms with Crippen molar-refractivity contribution in [3.05, 3.63) is 12.2 Å². The van der Waals surface area contributed by atoms with Crippen LogP contribution < -0.4 is 10.6 Å². The number of hydrogen-bond donors (Lipinski definition) is 2. The van der Waals surface area contributed by atoms with E-state index < -0.39 is 0 Å². The van der Waals surface area contributed by atoms with Gasteiger partial charge in [0.2, 0.25) is 0 Å². The van der Waals surface area contributed by atoms with Crippen molar-refractivity contribution in [2.45, 2.75) is 45.7 Å². The van der Waals surface area contributed by atoms with Gasteiger partial charge >= 0.3 is 0 Å². The van der Waals surface area contributed by atoms with Crippen LogP contribution in [0.5, 0.6) is 0 Å². The minimum atomic E-state index is 0. The standard InChI is InChI=1S/C16H31N7.HI/c1-5-15-21-20-12-23(15)10-9-18-16(17-6-2)19-11-14(22(3)4)13-7-8-13;/h12-14H,5-11H2,1-4H3,(H2,17,18,19);1H. The zero-order chi connectivity index (χ0) is 16.7. The van der Waals surface area contributed by atoms with Crippen molar-refractivity contribution in [2.75, 3.05) is 33.7 Å². The van der Waals surface area contributed by atoms with Crippen LogP contribution in [-0.4, -0.2) is 65.4 Å². The van der Waals surface area contributed by atoms with Crippen molar-refractivity contribution in [3.8, 4) is 0 Å². The van der Waals surface area contributed by atoms with Gasteiger partial charge in [0, 0.05) is 32.1 Å². The third kappa shape index (κ3) is 6.54. The Bertz CT molecular complexity index is 494. The molecule has 138 valence electrons. The molecule has 0 radical (unpaired) electrons. The largest absolute Gasteiger partial charge is 0.357 e. The zero-order valence-corrected chi connectivity index (χ0v) is 17.7. The quantitative estimate of drug-likeness (QED) is 0.339. The van der Waals surface area contributed by atoms with Gasteiger partial charge < -0.3 is 20.1 Å². The highest BCUT2D eigenvalue weighted by Gasteiger charge is 2.32. The number of rotatable bonds is 9. The first kappa shape index (κ1) is 21.1. The second-order valence-electron chi connectivity index (χ2n) is 6.31. The van der Waals surface area contributed by atoms with Crippen LogP contribution in [0.25, 0.3) is 0 Å². The summed E-state index contributed by atoms with van der Waals surface area (Å²) in [5, 5.41) is 14.8. The molecule has 0 saturated heterocycles.